The molecule has 0 spiro atoms. The average molecular weight is 453 g/mol. The Bertz CT molecular complexity index is 671. The van der Waals surface area contributed by atoms with Crippen molar-refractivity contribution in [1.29, 1.82) is 0 Å². The van der Waals surface area contributed by atoms with Crippen molar-refractivity contribution < 1.29 is 31.6 Å². The van der Waals surface area contributed by atoms with Crippen molar-refractivity contribution in [2.24, 2.45) is 0 Å². The molecule has 0 N–H and O–H groups in total. The van der Waals surface area contributed by atoms with Gasteiger partial charge in [-0.3, -0.25) is 0 Å². The van der Waals surface area contributed by atoms with Gasteiger partial charge in [0.25, 0.3) is 0 Å². The average Bonchev–Trinajstić information content (AvgIpc) is 2.75. The third-order valence-corrected chi connectivity index (χ3v) is 5.23. The summed E-state index contributed by atoms with van der Waals surface area (Å²) < 4.78 is 69.0. The SMILES string of the molecule is CC1(C)OB(C(F)=C(CCOCC(F)(F)F)c2ccc(Br)cc2)OC1(C)C. The van der Waals surface area contributed by atoms with Gasteiger partial charge >= 0.3 is 13.3 Å². The molecule has 150 valence electrons. The lowest BCUT2D eigenvalue weighted by atomic mass is 9.82. The normalized spacial score (nSPS) is 20.0. The summed E-state index contributed by atoms with van der Waals surface area (Å²) >= 11 is 3.30. The fourth-order valence-corrected chi connectivity index (χ4v) is 2.77. The van der Waals surface area contributed by atoms with Gasteiger partial charge in [-0.15, -0.1) is 0 Å². The highest BCUT2D eigenvalue weighted by molar-refractivity contribution is 9.10. The second-order valence-corrected chi connectivity index (χ2v) is 8.26. The summed E-state index contributed by atoms with van der Waals surface area (Å²) in [5.41, 5.74) is -1.39. The molecule has 0 aliphatic carbocycles. The van der Waals surface area contributed by atoms with Crippen molar-refractivity contribution in [2.45, 2.75) is 51.5 Å². The largest absolute Gasteiger partial charge is 0.525 e. The van der Waals surface area contributed by atoms with Gasteiger partial charge in [-0.25, -0.2) is 4.39 Å². The molecule has 0 radical (unpaired) electrons. The molecule has 27 heavy (non-hydrogen) atoms. The molecule has 3 nitrogen and oxygen atoms in total. The van der Waals surface area contributed by atoms with Crippen LogP contribution in [-0.4, -0.2) is 37.7 Å². The highest BCUT2D eigenvalue weighted by atomic mass is 79.9. The molecule has 2 rings (SSSR count). The van der Waals surface area contributed by atoms with Gasteiger partial charge in [0, 0.05) is 4.47 Å². The molecule has 1 aliphatic rings. The minimum absolute atomic E-state index is 0.0480. The molecule has 1 heterocycles. The summed E-state index contributed by atoms with van der Waals surface area (Å²) in [4.78, 5) is 0. The van der Waals surface area contributed by atoms with Crippen LogP contribution < -0.4 is 0 Å². The molecular formula is C18H22BBrF4O3. The van der Waals surface area contributed by atoms with Crippen LogP contribution in [0.5, 0.6) is 0 Å². The van der Waals surface area contributed by atoms with E-state index in [1.807, 2.05) is 0 Å². The zero-order valence-corrected chi connectivity index (χ0v) is 17.2. The number of hydrogen-bond acceptors (Lipinski definition) is 3. The van der Waals surface area contributed by atoms with Crippen LogP contribution in [0.15, 0.2) is 34.5 Å². The van der Waals surface area contributed by atoms with Gasteiger partial charge in [-0.2, -0.15) is 13.2 Å². The van der Waals surface area contributed by atoms with E-state index < -0.39 is 36.8 Å². The van der Waals surface area contributed by atoms with E-state index in [4.69, 9.17) is 9.31 Å². The smallest absolute Gasteiger partial charge is 0.398 e. The quantitative estimate of drug-likeness (QED) is 0.313. The first kappa shape index (κ1) is 22.4. The molecule has 9 heteroatoms. The second kappa shape index (κ2) is 8.23. The van der Waals surface area contributed by atoms with Crippen molar-refractivity contribution in [3.05, 3.63) is 40.0 Å². The van der Waals surface area contributed by atoms with Gasteiger partial charge in [-0.1, -0.05) is 28.1 Å². The molecule has 1 aromatic carbocycles. The third kappa shape index (κ3) is 5.79. The summed E-state index contributed by atoms with van der Waals surface area (Å²) in [6.45, 7) is 5.53. The number of alkyl halides is 3. The molecule has 0 atom stereocenters. The van der Waals surface area contributed by atoms with Crippen LogP contribution >= 0.6 is 15.9 Å². The zero-order valence-electron chi connectivity index (χ0n) is 15.6. The molecule has 1 aliphatic heterocycles. The zero-order chi connectivity index (χ0) is 20.5. The second-order valence-electron chi connectivity index (χ2n) is 7.34. The van der Waals surface area contributed by atoms with E-state index in [1.165, 1.54) is 0 Å². The minimum atomic E-state index is -4.42. The van der Waals surface area contributed by atoms with Gasteiger partial charge in [0.15, 0.2) is 0 Å². The molecule has 0 amide bonds. The van der Waals surface area contributed by atoms with Crippen molar-refractivity contribution in [1.82, 2.24) is 0 Å². The lowest BCUT2D eigenvalue weighted by molar-refractivity contribution is -0.173. The molecular weight excluding hydrogens is 431 g/mol. The van der Waals surface area contributed by atoms with Gasteiger partial charge in [0.2, 0.25) is 0 Å². The van der Waals surface area contributed by atoms with Crippen LogP contribution in [0.2, 0.25) is 0 Å². The molecule has 1 aromatic rings. The molecule has 0 aromatic heterocycles. The van der Waals surface area contributed by atoms with E-state index >= 15 is 4.39 Å². The van der Waals surface area contributed by atoms with Crippen LogP contribution in [0.4, 0.5) is 17.6 Å². The first-order chi connectivity index (χ1) is 12.3. The van der Waals surface area contributed by atoms with Crippen molar-refractivity contribution in [2.75, 3.05) is 13.2 Å². The Kier molecular flexibility index (Phi) is 6.82. The van der Waals surface area contributed by atoms with Crippen LogP contribution in [0.1, 0.15) is 39.7 Å². The van der Waals surface area contributed by atoms with E-state index in [-0.39, 0.29) is 18.6 Å². The first-order valence-corrected chi connectivity index (χ1v) is 9.26. The molecule has 1 fully saturated rings. The molecule has 0 saturated carbocycles. The molecule has 0 unspecified atom stereocenters. The van der Waals surface area contributed by atoms with Crippen LogP contribution in [0.3, 0.4) is 0 Å². The van der Waals surface area contributed by atoms with Crippen LogP contribution in [0.25, 0.3) is 5.57 Å². The minimum Gasteiger partial charge on any atom is -0.398 e. The Morgan fingerprint density at radius 1 is 1.07 bits per heavy atom. The lowest BCUT2D eigenvalue weighted by Gasteiger charge is -2.32. The number of ether oxygens (including phenoxy) is 1. The van der Waals surface area contributed by atoms with Crippen LogP contribution in [-0.2, 0) is 14.0 Å². The maximum absolute atomic E-state index is 15.2. The summed E-state index contributed by atoms with van der Waals surface area (Å²) in [5, 5.41) is 0. The van der Waals surface area contributed by atoms with E-state index in [2.05, 4.69) is 20.7 Å². The van der Waals surface area contributed by atoms with Gasteiger partial charge < -0.3 is 14.0 Å². The highest BCUT2D eigenvalue weighted by Gasteiger charge is 2.53. The maximum Gasteiger partial charge on any atom is 0.525 e. The van der Waals surface area contributed by atoms with Gasteiger partial charge in [-0.05, 0) is 57.4 Å². The molecule has 1 saturated heterocycles. The Morgan fingerprint density at radius 2 is 1.59 bits per heavy atom. The Labute approximate surface area is 165 Å². The topological polar surface area (TPSA) is 27.7 Å². The summed E-state index contributed by atoms with van der Waals surface area (Å²) in [6, 6.07) is 6.80. The van der Waals surface area contributed by atoms with E-state index in [0.29, 0.717) is 5.56 Å². The van der Waals surface area contributed by atoms with Crippen molar-refractivity contribution in [3.8, 4) is 0 Å². The van der Waals surface area contributed by atoms with E-state index in [0.717, 1.165) is 4.47 Å². The lowest BCUT2D eigenvalue weighted by Crippen LogP contribution is -2.41. The Balaban J connectivity index is 2.25. The number of benzene rings is 1. The third-order valence-electron chi connectivity index (χ3n) is 4.70. The maximum atomic E-state index is 15.2. The summed E-state index contributed by atoms with van der Waals surface area (Å²) in [6.07, 6.45) is -4.47. The van der Waals surface area contributed by atoms with E-state index in [1.54, 1.807) is 52.0 Å². The summed E-state index contributed by atoms with van der Waals surface area (Å²) in [7, 11) is -1.23. The predicted molar refractivity (Wildman–Crippen MR) is 99.7 cm³/mol. The predicted octanol–water partition coefficient (Wildman–Crippen LogP) is 5.73. The molecule has 0 bridgehead atoms. The number of halogens is 5. The van der Waals surface area contributed by atoms with Crippen molar-refractivity contribution >= 4 is 28.6 Å². The van der Waals surface area contributed by atoms with Crippen LogP contribution in [0, 0.1) is 0 Å². The Morgan fingerprint density at radius 3 is 2.07 bits per heavy atom. The number of rotatable bonds is 6. The highest BCUT2D eigenvalue weighted by Crippen LogP contribution is 2.40. The van der Waals surface area contributed by atoms with Gasteiger partial charge in [0.05, 0.1) is 17.8 Å². The van der Waals surface area contributed by atoms with Gasteiger partial charge in [0.1, 0.15) is 12.3 Å². The fraction of sp³-hybridized carbons (Fsp3) is 0.556. The standard InChI is InChI=1S/C18H22BBrF4O3/c1-16(2)17(3,4)27-19(26-16)15(21)14(9-10-25-11-18(22,23)24)12-5-7-13(20)8-6-12/h5-8H,9-11H2,1-4H3. The Hall–Kier alpha value is -0.895. The monoisotopic (exact) mass is 452 g/mol. The fourth-order valence-electron chi connectivity index (χ4n) is 2.50. The number of hydrogen-bond donors (Lipinski definition) is 0. The van der Waals surface area contributed by atoms with E-state index in [9.17, 15) is 13.2 Å². The van der Waals surface area contributed by atoms with Crippen molar-refractivity contribution in [3.63, 3.8) is 0 Å². The summed E-state index contributed by atoms with van der Waals surface area (Å²) in [5.74, 6) is 0. The first-order valence-electron chi connectivity index (χ1n) is 8.47.